The van der Waals surface area contributed by atoms with Crippen LogP contribution >= 0.6 is 11.6 Å². The number of halogens is 1. The zero-order chi connectivity index (χ0) is 12.8. The largest absolute Gasteiger partial charge is 0.439 e. The second-order valence-corrected chi connectivity index (χ2v) is 3.99. The molecular formula is C13H13ClN2O2. The third-order valence-corrected chi connectivity index (χ3v) is 2.52. The fraction of sp³-hybridized carbons (Fsp3) is 0.231. The molecule has 2 aromatic rings. The molecule has 0 N–H and O–H groups in total. The Morgan fingerprint density at radius 1 is 1.17 bits per heavy atom. The number of nitrogens with zero attached hydrogens (tertiary/aromatic N) is 2. The van der Waals surface area contributed by atoms with Gasteiger partial charge in [0.25, 0.3) is 0 Å². The van der Waals surface area contributed by atoms with Gasteiger partial charge in [0.05, 0.1) is 6.61 Å². The topological polar surface area (TPSA) is 44.2 Å². The van der Waals surface area contributed by atoms with Crippen LogP contribution in [0.25, 0.3) is 0 Å². The summed E-state index contributed by atoms with van der Waals surface area (Å²) in [6.45, 7) is 0.710. The van der Waals surface area contributed by atoms with Gasteiger partial charge in [-0.3, -0.25) is 0 Å². The van der Waals surface area contributed by atoms with Crippen molar-refractivity contribution in [3.63, 3.8) is 0 Å². The van der Waals surface area contributed by atoms with Gasteiger partial charge in [-0.05, 0) is 35.7 Å². The molecule has 5 heteroatoms. The summed E-state index contributed by atoms with van der Waals surface area (Å²) in [7, 11) is 1.69. The summed E-state index contributed by atoms with van der Waals surface area (Å²) in [5.41, 5.74) is 1.20. The third kappa shape index (κ3) is 3.68. The lowest BCUT2D eigenvalue weighted by Gasteiger charge is -2.05. The number of benzene rings is 1. The molecule has 0 radical (unpaired) electrons. The maximum Gasteiger partial charge on any atom is 0.225 e. The quantitative estimate of drug-likeness (QED) is 0.779. The zero-order valence-corrected chi connectivity index (χ0v) is 10.7. The summed E-state index contributed by atoms with van der Waals surface area (Å²) in [6, 6.07) is 9.43. The Labute approximate surface area is 111 Å². The van der Waals surface area contributed by atoms with E-state index in [1.54, 1.807) is 19.4 Å². The van der Waals surface area contributed by atoms with E-state index in [0.29, 0.717) is 18.2 Å². The van der Waals surface area contributed by atoms with Gasteiger partial charge in [0, 0.05) is 19.4 Å². The van der Waals surface area contributed by atoms with Crippen LogP contribution in [0.3, 0.4) is 0 Å². The van der Waals surface area contributed by atoms with Crippen LogP contribution in [0.15, 0.2) is 36.5 Å². The Morgan fingerprint density at radius 2 is 1.94 bits per heavy atom. The van der Waals surface area contributed by atoms with Gasteiger partial charge in [-0.2, -0.15) is 4.98 Å². The smallest absolute Gasteiger partial charge is 0.225 e. The maximum atomic E-state index is 5.68. The highest BCUT2D eigenvalue weighted by Gasteiger charge is 2.00. The average molecular weight is 265 g/mol. The van der Waals surface area contributed by atoms with Crippen molar-refractivity contribution in [2.45, 2.75) is 6.42 Å². The molecule has 2 rings (SSSR count). The maximum absolute atomic E-state index is 5.68. The molecule has 0 fully saturated rings. The lowest BCUT2D eigenvalue weighted by atomic mass is 10.1. The molecule has 0 spiro atoms. The predicted octanol–water partition coefficient (Wildman–Crippen LogP) is 3.11. The third-order valence-electron chi connectivity index (χ3n) is 2.34. The molecule has 1 aromatic carbocycles. The van der Waals surface area contributed by atoms with E-state index < -0.39 is 0 Å². The average Bonchev–Trinajstić information content (AvgIpc) is 2.38. The van der Waals surface area contributed by atoms with Crippen LogP contribution in [0.5, 0.6) is 11.6 Å². The highest BCUT2D eigenvalue weighted by atomic mass is 35.5. The Hall–Kier alpha value is -1.65. The van der Waals surface area contributed by atoms with Crippen LogP contribution in [0, 0.1) is 0 Å². The molecule has 0 amide bonds. The molecule has 1 heterocycles. The van der Waals surface area contributed by atoms with Gasteiger partial charge in [0.1, 0.15) is 5.75 Å². The Balaban J connectivity index is 2.02. The first-order valence-corrected chi connectivity index (χ1v) is 5.90. The molecule has 0 bridgehead atoms. The van der Waals surface area contributed by atoms with Crippen molar-refractivity contribution in [2.24, 2.45) is 0 Å². The first kappa shape index (κ1) is 12.8. The normalized spacial score (nSPS) is 10.3. The van der Waals surface area contributed by atoms with E-state index in [0.717, 1.165) is 6.42 Å². The molecule has 94 valence electrons. The van der Waals surface area contributed by atoms with Crippen LogP contribution in [0.1, 0.15) is 5.56 Å². The van der Waals surface area contributed by atoms with Crippen LogP contribution in [-0.4, -0.2) is 23.7 Å². The van der Waals surface area contributed by atoms with Crippen LogP contribution in [0.2, 0.25) is 5.28 Å². The van der Waals surface area contributed by atoms with Crippen LogP contribution in [0.4, 0.5) is 0 Å². The second-order valence-electron chi connectivity index (χ2n) is 3.65. The number of hydrogen-bond acceptors (Lipinski definition) is 4. The van der Waals surface area contributed by atoms with Crippen LogP contribution in [-0.2, 0) is 11.2 Å². The Bertz CT molecular complexity index is 503. The van der Waals surface area contributed by atoms with E-state index in [4.69, 9.17) is 21.1 Å². The fourth-order valence-electron chi connectivity index (χ4n) is 1.44. The Kier molecular flexibility index (Phi) is 4.50. The van der Waals surface area contributed by atoms with Crippen molar-refractivity contribution in [2.75, 3.05) is 13.7 Å². The summed E-state index contributed by atoms with van der Waals surface area (Å²) in [5, 5.41) is 0.171. The molecule has 1 aromatic heterocycles. The van der Waals surface area contributed by atoms with Gasteiger partial charge in [-0.1, -0.05) is 12.1 Å². The van der Waals surface area contributed by atoms with E-state index in [1.807, 2.05) is 24.3 Å². The SMILES string of the molecule is COCCc1ccc(Oc2ccnc(Cl)n2)cc1. The van der Waals surface area contributed by atoms with Crippen molar-refractivity contribution in [3.8, 4) is 11.6 Å². The van der Waals surface area contributed by atoms with Crippen molar-refractivity contribution >= 4 is 11.6 Å². The highest BCUT2D eigenvalue weighted by Crippen LogP contribution is 2.20. The molecule has 0 saturated carbocycles. The van der Waals surface area contributed by atoms with Crippen molar-refractivity contribution < 1.29 is 9.47 Å². The summed E-state index contributed by atoms with van der Waals surface area (Å²) in [6.07, 6.45) is 2.44. The number of rotatable bonds is 5. The van der Waals surface area contributed by atoms with Gasteiger partial charge in [-0.25, -0.2) is 4.98 Å². The first-order valence-electron chi connectivity index (χ1n) is 5.52. The minimum atomic E-state index is 0.171. The molecule has 0 saturated heterocycles. The molecule has 4 nitrogen and oxygen atoms in total. The lowest BCUT2D eigenvalue weighted by molar-refractivity contribution is 0.202. The zero-order valence-electron chi connectivity index (χ0n) is 9.97. The standard InChI is InChI=1S/C13H13ClN2O2/c1-17-9-7-10-2-4-11(5-3-10)18-12-6-8-15-13(14)16-12/h2-6,8H,7,9H2,1H3. The highest BCUT2D eigenvalue weighted by molar-refractivity contribution is 6.28. The van der Waals surface area contributed by atoms with Crippen molar-refractivity contribution in [1.82, 2.24) is 9.97 Å². The van der Waals surface area contributed by atoms with Gasteiger partial charge in [0.2, 0.25) is 11.2 Å². The van der Waals surface area contributed by atoms with Gasteiger partial charge < -0.3 is 9.47 Å². The molecule has 0 aliphatic heterocycles. The number of ether oxygens (including phenoxy) is 2. The molecule has 18 heavy (non-hydrogen) atoms. The molecule has 0 aliphatic rings. The lowest BCUT2D eigenvalue weighted by Crippen LogP contribution is -1.94. The van der Waals surface area contributed by atoms with Gasteiger partial charge in [-0.15, -0.1) is 0 Å². The second kappa shape index (κ2) is 6.33. The summed E-state index contributed by atoms with van der Waals surface area (Å²) >= 11 is 5.68. The summed E-state index contributed by atoms with van der Waals surface area (Å²) in [5.74, 6) is 1.14. The monoisotopic (exact) mass is 264 g/mol. The fourth-order valence-corrected chi connectivity index (χ4v) is 1.58. The van der Waals surface area contributed by atoms with E-state index in [9.17, 15) is 0 Å². The minimum Gasteiger partial charge on any atom is -0.439 e. The number of hydrogen-bond donors (Lipinski definition) is 0. The van der Waals surface area contributed by atoms with Crippen molar-refractivity contribution in [1.29, 1.82) is 0 Å². The van der Waals surface area contributed by atoms with E-state index in [-0.39, 0.29) is 5.28 Å². The minimum absolute atomic E-state index is 0.171. The van der Waals surface area contributed by atoms with E-state index in [2.05, 4.69) is 9.97 Å². The molecule has 0 unspecified atom stereocenters. The molecular weight excluding hydrogens is 252 g/mol. The number of methoxy groups -OCH3 is 1. The molecule has 0 atom stereocenters. The van der Waals surface area contributed by atoms with Gasteiger partial charge in [0.15, 0.2) is 0 Å². The van der Waals surface area contributed by atoms with E-state index >= 15 is 0 Å². The predicted molar refractivity (Wildman–Crippen MR) is 69.1 cm³/mol. The first-order chi connectivity index (χ1) is 8.78. The molecule has 0 aliphatic carbocycles. The summed E-state index contributed by atoms with van der Waals surface area (Å²) < 4.78 is 10.6. The summed E-state index contributed by atoms with van der Waals surface area (Å²) in [4.78, 5) is 7.74. The van der Waals surface area contributed by atoms with Crippen molar-refractivity contribution in [3.05, 3.63) is 47.4 Å². The van der Waals surface area contributed by atoms with E-state index in [1.165, 1.54) is 5.56 Å². The number of aromatic nitrogens is 2. The van der Waals surface area contributed by atoms with Gasteiger partial charge >= 0.3 is 0 Å². The Morgan fingerprint density at radius 3 is 2.61 bits per heavy atom. The van der Waals surface area contributed by atoms with Crippen LogP contribution < -0.4 is 4.74 Å².